The van der Waals surface area contributed by atoms with Crippen LogP contribution >= 0.6 is 11.6 Å². The minimum Gasteiger partial charge on any atom is -0.508 e. The topological polar surface area (TPSA) is 151 Å². The van der Waals surface area contributed by atoms with Gasteiger partial charge in [0.05, 0.1) is 24.7 Å². The molecular weight excluding hydrogens is 610 g/mol. The van der Waals surface area contributed by atoms with E-state index in [1.807, 2.05) is 36.4 Å². The van der Waals surface area contributed by atoms with Crippen LogP contribution in [0.5, 0.6) is 5.75 Å². The lowest BCUT2D eigenvalue weighted by Crippen LogP contribution is -2.55. The second kappa shape index (κ2) is 13.5. The van der Waals surface area contributed by atoms with Crippen molar-refractivity contribution >= 4 is 23.2 Å². The molecule has 2 fully saturated rings. The summed E-state index contributed by atoms with van der Waals surface area (Å²) in [6, 6.07) is 28.2. The minimum absolute atomic E-state index is 0.0191. The average Bonchev–Trinajstić information content (AvgIpc) is 3.07. The van der Waals surface area contributed by atoms with Gasteiger partial charge in [-0.05, 0) is 59.4 Å². The maximum Gasteiger partial charge on any atom is 0.233 e. The number of hydrogen-bond donors (Lipinski definition) is 6. The van der Waals surface area contributed by atoms with Crippen LogP contribution in [0.25, 0.3) is 11.1 Å². The molecule has 6 rings (SSSR count). The first-order chi connectivity index (χ1) is 22.2. The van der Waals surface area contributed by atoms with Crippen LogP contribution in [0.1, 0.15) is 47.8 Å². The summed E-state index contributed by atoms with van der Waals surface area (Å²) in [6.45, 7) is -0.512. The van der Waals surface area contributed by atoms with Crippen LogP contribution in [0.2, 0.25) is 5.02 Å². The third-order valence-electron chi connectivity index (χ3n) is 9.08. The molecule has 10 heteroatoms. The maximum absolute atomic E-state index is 13.5. The van der Waals surface area contributed by atoms with Crippen molar-refractivity contribution in [2.45, 2.75) is 55.5 Å². The Morgan fingerprint density at radius 1 is 0.826 bits per heavy atom. The largest absolute Gasteiger partial charge is 0.508 e. The number of aliphatic hydroxyl groups excluding tert-OH is 5. The summed E-state index contributed by atoms with van der Waals surface area (Å²) in [4.78, 5) is 15.2. The molecule has 0 saturated carbocycles. The van der Waals surface area contributed by atoms with Crippen molar-refractivity contribution in [1.82, 2.24) is 0 Å². The number of nitrogens with zero attached hydrogens (tertiary/aromatic N) is 1. The molecule has 6 N–H and O–H groups in total. The van der Waals surface area contributed by atoms with E-state index in [1.165, 1.54) is 0 Å². The number of rotatable bonds is 9. The van der Waals surface area contributed by atoms with Crippen molar-refractivity contribution in [3.05, 3.63) is 119 Å². The number of carbonyl (C=O) groups excluding carboxylic acids is 1. The van der Waals surface area contributed by atoms with Gasteiger partial charge in [0.2, 0.25) is 5.91 Å². The van der Waals surface area contributed by atoms with E-state index in [1.54, 1.807) is 65.6 Å². The van der Waals surface area contributed by atoms with E-state index in [0.717, 1.165) is 5.56 Å². The monoisotopic (exact) mass is 645 g/mol. The molecule has 2 saturated heterocycles. The molecule has 0 aliphatic carbocycles. The van der Waals surface area contributed by atoms with Gasteiger partial charge in [0.1, 0.15) is 36.3 Å². The Hall–Kier alpha value is -3.80. The standard InChI is InChI=1S/C36H36ClNO8/c37-27-9-5-4-8-24(27)28(40)17-16-26-31(38(36(26)45)23-6-2-1-3-7-23)25-15-14-22(18-29(25)41)20-10-12-21(13-11-20)35-34(44)33(43)32(42)30(19-39)46-35/h1-15,18,26,28,30-35,39-44H,16-17,19H2/t26-,28+,30-,31-,32-,33+,34-,35+/m1/s1. The molecule has 1 amide bonds. The summed E-state index contributed by atoms with van der Waals surface area (Å²) in [7, 11) is 0. The van der Waals surface area contributed by atoms with Crippen molar-refractivity contribution in [2.75, 3.05) is 11.5 Å². The fourth-order valence-corrected chi connectivity index (χ4v) is 6.78. The van der Waals surface area contributed by atoms with Crippen molar-refractivity contribution in [2.24, 2.45) is 5.92 Å². The van der Waals surface area contributed by atoms with E-state index in [4.69, 9.17) is 16.3 Å². The van der Waals surface area contributed by atoms with Gasteiger partial charge in [0, 0.05) is 16.3 Å². The van der Waals surface area contributed by atoms with Gasteiger partial charge < -0.3 is 40.3 Å². The molecule has 2 heterocycles. The van der Waals surface area contributed by atoms with Gasteiger partial charge in [-0.3, -0.25) is 4.79 Å². The van der Waals surface area contributed by atoms with Crippen molar-refractivity contribution < 1.29 is 40.2 Å². The molecular formula is C36H36ClNO8. The van der Waals surface area contributed by atoms with E-state index in [0.29, 0.717) is 45.8 Å². The highest BCUT2D eigenvalue weighted by Gasteiger charge is 2.49. The molecule has 8 atom stereocenters. The van der Waals surface area contributed by atoms with E-state index < -0.39 is 55.2 Å². The minimum atomic E-state index is -1.47. The van der Waals surface area contributed by atoms with E-state index in [-0.39, 0.29) is 11.7 Å². The quantitative estimate of drug-likeness (QED) is 0.146. The van der Waals surface area contributed by atoms with Gasteiger partial charge in [-0.2, -0.15) is 0 Å². The van der Waals surface area contributed by atoms with Crippen LogP contribution in [0.3, 0.4) is 0 Å². The van der Waals surface area contributed by atoms with E-state index in [9.17, 15) is 35.4 Å². The Kier molecular flexibility index (Phi) is 9.44. The molecule has 4 aromatic carbocycles. The second-order valence-corrected chi connectivity index (χ2v) is 12.3. The zero-order valence-electron chi connectivity index (χ0n) is 24.8. The molecule has 4 aromatic rings. The summed E-state index contributed by atoms with van der Waals surface area (Å²) >= 11 is 6.29. The van der Waals surface area contributed by atoms with Crippen molar-refractivity contribution in [3.8, 4) is 16.9 Å². The molecule has 2 aliphatic heterocycles. The van der Waals surface area contributed by atoms with Crippen LogP contribution < -0.4 is 4.90 Å². The zero-order chi connectivity index (χ0) is 32.5. The van der Waals surface area contributed by atoms with Crippen LogP contribution in [0, 0.1) is 5.92 Å². The number of amides is 1. The highest BCUT2D eigenvalue weighted by atomic mass is 35.5. The third kappa shape index (κ3) is 6.03. The maximum atomic E-state index is 13.5. The number of carbonyl (C=O) groups is 1. The first-order valence-corrected chi connectivity index (χ1v) is 15.6. The van der Waals surface area contributed by atoms with Gasteiger partial charge in [-0.25, -0.2) is 0 Å². The number of aliphatic hydroxyl groups is 5. The summed E-state index contributed by atoms with van der Waals surface area (Å²) in [5.41, 5.74) is 3.94. The highest BCUT2D eigenvalue weighted by molar-refractivity contribution is 6.31. The Labute approximate surface area is 271 Å². The molecule has 0 bridgehead atoms. The number of para-hydroxylation sites is 1. The van der Waals surface area contributed by atoms with Gasteiger partial charge in [0.25, 0.3) is 0 Å². The molecule has 0 spiro atoms. The molecule has 46 heavy (non-hydrogen) atoms. The van der Waals surface area contributed by atoms with Crippen LogP contribution in [-0.2, 0) is 9.53 Å². The van der Waals surface area contributed by atoms with Crippen molar-refractivity contribution in [3.63, 3.8) is 0 Å². The van der Waals surface area contributed by atoms with Gasteiger partial charge in [0.15, 0.2) is 0 Å². The number of aromatic hydroxyl groups is 1. The van der Waals surface area contributed by atoms with Crippen LogP contribution in [-0.4, -0.2) is 67.6 Å². The van der Waals surface area contributed by atoms with Gasteiger partial charge >= 0.3 is 0 Å². The summed E-state index contributed by atoms with van der Waals surface area (Å²) in [5, 5.41) is 62.9. The summed E-state index contributed by atoms with van der Waals surface area (Å²) in [6.07, 6.45) is -6.39. The number of phenols is 1. The number of benzene rings is 4. The molecule has 0 radical (unpaired) electrons. The lowest BCUT2D eigenvalue weighted by atomic mass is 9.77. The lowest BCUT2D eigenvalue weighted by Gasteiger charge is -2.48. The van der Waals surface area contributed by atoms with Crippen LogP contribution in [0.15, 0.2) is 97.1 Å². The molecule has 2 aliphatic rings. The predicted octanol–water partition coefficient (Wildman–Crippen LogP) is 4.45. The third-order valence-corrected chi connectivity index (χ3v) is 9.42. The number of ether oxygens (including phenoxy) is 1. The molecule has 240 valence electrons. The SMILES string of the molecule is O=C1[C@H](CC[C@H](O)c2ccccc2Cl)[C@@H](c2ccc(-c3ccc([C@@H]4O[C@H](CO)[C@@H](O)[C@H](O)[C@H]4O)cc3)cc2O)N1c1ccccc1. The normalized spacial score (nSPS) is 26.9. The fraction of sp³-hybridized carbons (Fsp3) is 0.306. The lowest BCUT2D eigenvalue weighted by molar-refractivity contribution is -0.231. The Morgan fingerprint density at radius 2 is 1.50 bits per heavy atom. The smallest absolute Gasteiger partial charge is 0.233 e. The zero-order valence-corrected chi connectivity index (χ0v) is 25.6. The fourth-order valence-electron chi connectivity index (χ4n) is 6.52. The first kappa shape index (κ1) is 32.2. The molecule has 0 unspecified atom stereocenters. The van der Waals surface area contributed by atoms with Crippen LogP contribution in [0.4, 0.5) is 5.69 Å². The number of halogens is 1. The van der Waals surface area contributed by atoms with Gasteiger partial charge in [-0.15, -0.1) is 0 Å². The Balaban J connectivity index is 1.23. The molecule has 0 aromatic heterocycles. The highest BCUT2D eigenvalue weighted by Crippen LogP contribution is 2.49. The first-order valence-electron chi connectivity index (χ1n) is 15.2. The number of hydrogen-bond acceptors (Lipinski definition) is 8. The summed E-state index contributed by atoms with van der Waals surface area (Å²) < 4.78 is 5.67. The number of anilines is 1. The summed E-state index contributed by atoms with van der Waals surface area (Å²) in [5.74, 6) is -0.535. The molecule has 9 nitrogen and oxygen atoms in total. The number of β-lactam (4-membered cyclic amide) rings is 1. The van der Waals surface area contributed by atoms with Gasteiger partial charge in [-0.1, -0.05) is 84.4 Å². The van der Waals surface area contributed by atoms with E-state index in [2.05, 4.69) is 0 Å². The van der Waals surface area contributed by atoms with E-state index >= 15 is 0 Å². The Bertz CT molecular complexity index is 1670. The second-order valence-electron chi connectivity index (χ2n) is 11.9. The number of phenolic OH excluding ortho intramolecular Hbond substituents is 1. The average molecular weight is 646 g/mol. The Morgan fingerprint density at radius 3 is 2.17 bits per heavy atom. The van der Waals surface area contributed by atoms with Crippen molar-refractivity contribution in [1.29, 1.82) is 0 Å². The predicted molar refractivity (Wildman–Crippen MR) is 172 cm³/mol.